The first kappa shape index (κ1) is 68.2. The van der Waals surface area contributed by atoms with E-state index in [1.807, 2.05) is 13.8 Å². The molecule has 1 fully saturated rings. The summed E-state index contributed by atoms with van der Waals surface area (Å²) >= 11 is 0. The van der Waals surface area contributed by atoms with Crippen molar-refractivity contribution in [3.05, 3.63) is 90.3 Å². The average molecular weight is 1240 g/mol. The Bertz CT molecular complexity index is 3340. The highest BCUT2D eigenvalue weighted by atomic mass is 16.4. The van der Waals surface area contributed by atoms with Crippen molar-refractivity contribution < 1.29 is 63.0 Å². The van der Waals surface area contributed by atoms with Gasteiger partial charge in [0.2, 0.25) is 59.1 Å². The number of aliphatic hydroxyl groups excluding tert-OH is 1. The number of aromatic amines is 3. The number of carboxylic acids is 1. The van der Waals surface area contributed by atoms with E-state index in [0.717, 1.165) is 0 Å². The number of carboxylic acid groups (broad SMARTS) is 1. The van der Waals surface area contributed by atoms with E-state index in [9.17, 15) is 57.8 Å². The maximum Gasteiger partial charge on any atom is 0.322 e. The van der Waals surface area contributed by atoms with Crippen LogP contribution in [0.5, 0.6) is 0 Å². The van der Waals surface area contributed by atoms with Gasteiger partial charge in [0.1, 0.15) is 54.9 Å². The summed E-state index contributed by atoms with van der Waals surface area (Å²) in [6.07, 6.45) is 6.03. The van der Waals surface area contributed by atoms with Crippen LogP contribution in [0.3, 0.4) is 0 Å². The first-order chi connectivity index (χ1) is 42.4. The number of aliphatic hydroxyl groups is 1. The van der Waals surface area contributed by atoms with Crippen LogP contribution in [0, 0.1) is 5.92 Å². The number of hydrogen-bond acceptors (Lipinski definition) is 15. The Morgan fingerprint density at radius 1 is 0.663 bits per heavy atom. The second-order valence-electron chi connectivity index (χ2n) is 22.2. The number of aliphatic carboxylic acids is 1. The van der Waals surface area contributed by atoms with Crippen LogP contribution in [-0.4, -0.2) is 187 Å². The summed E-state index contributed by atoms with van der Waals surface area (Å²) in [7, 11) is 0. The molecule has 31 nitrogen and oxygen atoms in total. The molecule has 0 unspecified atom stereocenters. The van der Waals surface area contributed by atoms with Gasteiger partial charge in [0.05, 0.1) is 19.0 Å². The lowest BCUT2D eigenvalue weighted by molar-refractivity contribution is -0.143. The molecule has 0 radical (unpaired) electrons. The number of para-hydroxylation sites is 2. The summed E-state index contributed by atoms with van der Waals surface area (Å²) in [5, 5.41) is 41.8. The number of imidazole rings is 1. The van der Waals surface area contributed by atoms with Gasteiger partial charge < -0.3 is 95.5 Å². The number of aromatic nitrogens is 4. The molecule has 3 aromatic heterocycles. The molecule has 1 saturated heterocycles. The third-order valence-corrected chi connectivity index (χ3v) is 14.8. The zero-order valence-corrected chi connectivity index (χ0v) is 49.6. The summed E-state index contributed by atoms with van der Waals surface area (Å²) in [5.74, 6) is -9.91. The first-order valence-corrected chi connectivity index (χ1v) is 29.1. The lowest BCUT2D eigenvalue weighted by Crippen LogP contribution is -2.61. The van der Waals surface area contributed by atoms with E-state index in [1.54, 1.807) is 60.9 Å². The third-order valence-electron chi connectivity index (χ3n) is 14.8. The minimum absolute atomic E-state index is 0.0306. The van der Waals surface area contributed by atoms with Crippen molar-refractivity contribution >= 4 is 92.8 Å². The van der Waals surface area contributed by atoms with Gasteiger partial charge in [-0.1, -0.05) is 50.2 Å². The molecule has 21 N–H and O–H groups in total. The van der Waals surface area contributed by atoms with E-state index in [2.05, 4.69) is 67.5 Å². The largest absolute Gasteiger partial charge is 0.480 e. The number of guanidine groups is 1. The van der Waals surface area contributed by atoms with E-state index >= 15 is 0 Å². The molecule has 5 aromatic rings. The van der Waals surface area contributed by atoms with Crippen molar-refractivity contribution in [2.24, 2.45) is 33.8 Å². The van der Waals surface area contributed by atoms with Gasteiger partial charge in [-0.25, -0.2) is 4.98 Å². The summed E-state index contributed by atoms with van der Waals surface area (Å²) in [5.41, 5.74) is 25.4. The van der Waals surface area contributed by atoms with E-state index in [0.29, 0.717) is 45.0 Å². The summed E-state index contributed by atoms with van der Waals surface area (Å²) < 4.78 is 0. The topological polar surface area (TPSA) is 504 Å². The molecule has 31 heteroatoms. The number of benzene rings is 2. The minimum atomic E-state index is -1.75. The Kier molecular flexibility index (Phi) is 25.1. The molecule has 480 valence electrons. The number of fused-ring (bicyclic) bond motifs is 2. The number of carbonyl (C=O) groups excluding carboxylic acids is 10. The van der Waals surface area contributed by atoms with Crippen LogP contribution in [0.1, 0.15) is 82.5 Å². The van der Waals surface area contributed by atoms with E-state index < -0.39 is 133 Å². The third kappa shape index (κ3) is 20.1. The van der Waals surface area contributed by atoms with Crippen molar-refractivity contribution in [2.75, 3.05) is 26.2 Å². The number of nitrogens with one attached hydrogen (secondary N) is 11. The lowest BCUT2D eigenvalue weighted by atomic mass is 10.0. The van der Waals surface area contributed by atoms with Gasteiger partial charge in [0.15, 0.2) is 5.96 Å². The SMILES string of the molecule is CC(C)C[C@H](NC(=O)[C@H](CCCN=C(N)N)NC(=O)[C@H](Cc1c[nH]c2ccccc12)NC(=O)[C@H](C)NC(=O)[C@H](CO)NC(=O)[C@H](Cc1c[nH]c2ccccc12)NC(=O)[C@H](Cc1cnc[nH]1)NC(=O)[C@@H](N)CCC(N)=O)C(=O)N1CCC[C@H]1C(=O)NCC(=O)O. The van der Waals surface area contributed by atoms with Gasteiger partial charge in [0, 0.05) is 84.9 Å². The van der Waals surface area contributed by atoms with Crippen LogP contribution in [-0.2, 0) is 72.0 Å². The van der Waals surface area contributed by atoms with Gasteiger partial charge in [-0.2, -0.15) is 0 Å². The zero-order valence-electron chi connectivity index (χ0n) is 49.6. The molecule has 0 spiro atoms. The molecule has 4 heterocycles. The second kappa shape index (κ2) is 32.7. The highest BCUT2D eigenvalue weighted by Gasteiger charge is 2.40. The highest BCUT2D eigenvalue weighted by molar-refractivity contribution is 5.99. The number of amides is 10. The summed E-state index contributed by atoms with van der Waals surface area (Å²) in [6, 6.07) is 1.90. The van der Waals surface area contributed by atoms with Gasteiger partial charge in [-0.05, 0) is 74.6 Å². The van der Waals surface area contributed by atoms with Crippen LogP contribution < -0.4 is 65.5 Å². The van der Waals surface area contributed by atoms with Crippen LogP contribution in [0.2, 0.25) is 0 Å². The fraction of sp³-hybridized carbons (Fsp3) is 0.466. The van der Waals surface area contributed by atoms with Crippen LogP contribution in [0.4, 0.5) is 0 Å². The van der Waals surface area contributed by atoms with Gasteiger partial charge in [0.25, 0.3) is 0 Å². The van der Waals surface area contributed by atoms with E-state index in [4.69, 9.17) is 28.0 Å². The summed E-state index contributed by atoms with van der Waals surface area (Å²) in [6.45, 7) is 3.43. The molecule has 89 heavy (non-hydrogen) atoms. The molecule has 0 aliphatic carbocycles. The molecule has 0 saturated carbocycles. The normalized spacial score (nSPS) is 15.7. The van der Waals surface area contributed by atoms with Gasteiger partial charge in [-0.3, -0.25) is 57.7 Å². The molecule has 0 bridgehead atoms. The molecule has 2 aromatic carbocycles. The number of rotatable bonds is 34. The van der Waals surface area contributed by atoms with Crippen molar-refractivity contribution in [1.82, 2.24) is 67.4 Å². The fourth-order valence-electron chi connectivity index (χ4n) is 10.2. The Balaban J connectivity index is 1.21. The molecule has 6 rings (SSSR count). The molecule has 1 aliphatic rings. The van der Waals surface area contributed by atoms with Crippen LogP contribution in [0.15, 0.2) is 78.4 Å². The molecular weight excluding hydrogens is 1160 g/mol. The lowest BCUT2D eigenvalue weighted by Gasteiger charge is -2.31. The predicted octanol–water partition coefficient (Wildman–Crippen LogP) is -3.31. The Hall–Kier alpha value is -9.91. The molecule has 10 amide bonds. The number of primary amides is 1. The number of aliphatic imine (C=N–C) groups is 1. The smallest absolute Gasteiger partial charge is 0.322 e. The van der Waals surface area contributed by atoms with Gasteiger partial charge in [-0.15, -0.1) is 0 Å². The standard InChI is InChI=1S/C58H80N18O13/c1-30(2)20-44(57(89)76-19-9-15-46(76)56(88)67-27-48(79)80)74-51(83)40(14-8-18-64-58(61)62)70-52(84)41(21-32-24-65-38-12-6-4-10-35(32)38)71-49(81)31(3)69-55(87)45(28-77)75-53(85)42(22-33-25-66-39-13-7-5-11-36(33)39)73-54(86)43(23-34-26-63-29-68-34)72-50(82)37(59)16-17-47(60)78/h4-7,10-13,24-26,29-31,37,40-46,65-66,77H,8-9,14-23,27-28,59H2,1-3H3,(H2,60,78)(H,63,68)(H,67,88)(H,69,87)(H,70,84)(H,71,81)(H,72,82)(H,73,86)(H,74,83)(H,75,85)(H,79,80)(H4,61,62,64)/t31-,37-,40-,41-,42-,43-,44-,45-,46-/m0/s1. The Morgan fingerprint density at radius 2 is 1.19 bits per heavy atom. The maximum absolute atomic E-state index is 14.7. The van der Waals surface area contributed by atoms with Crippen LogP contribution in [0.25, 0.3) is 21.8 Å². The molecular formula is C58H80N18O13. The first-order valence-electron chi connectivity index (χ1n) is 29.1. The van der Waals surface area contributed by atoms with Crippen molar-refractivity contribution in [3.63, 3.8) is 0 Å². The molecule has 1 aliphatic heterocycles. The van der Waals surface area contributed by atoms with Crippen LogP contribution >= 0.6 is 0 Å². The highest BCUT2D eigenvalue weighted by Crippen LogP contribution is 2.23. The average Bonchev–Trinajstić information content (AvgIpc) is 1.96. The van der Waals surface area contributed by atoms with Crippen molar-refractivity contribution in [1.29, 1.82) is 0 Å². The van der Waals surface area contributed by atoms with E-state index in [1.165, 1.54) is 24.3 Å². The van der Waals surface area contributed by atoms with Crippen molar-refractivity contribution in [3.8, 4) is 0 Å². The number of nitrogens with two attached hydrogens (primary N) is 4. The number of likely N-dealkylation sites (tertiary alicyclic amines) is 1. The quantitative estimate of drug-likeness (QED) is 0.0109. The van der Waals surface area contributed by atoms with Crippen molar-refractivity contribution in [2.45, 2.75) is 139 Å². The monoisotopic (exact) mass is 1240 g/mol. The summed E-state index contributed by atoms with van der Waals surface area (Å²) in [4.78, 5) is 168. The number of nitrogens with zero attached hydrogens (tertiary/aromatic N) is 3. The Labute approximate surface area is 511 Å². The van der Waals surface area contributed by atoms with Gasteiger partial charge >= 0.3 is 5.97 Å². The number of hydrogen-bond donors (Lipinski definition) is 17. The Morgan fingerprint density at radius 3 is 1.74 bits per heavy atom. The molecule has 9 atom stereocenters. The predicted molar refractivity (Wildman–Crippen MR) is 324 cm³/mol. The number of carbonyl (C=O) groups is 11. The maximum atomic E-state index is 14.7. The second-order valence-corrected chi connectivity index (χ2v) is 22.2. The fourth-order valence-corrected chi connectivity index (χ4v) is 10.2. The minimum Gasteiger partial charge on any atom is -0.480 e. The van der Waals surface area contributed by atoms with E-state index in [-0.39, 0.29) is 82.8 Å². The zero-order chi connectivity index (χ0) is 64.9. The number of H-pyrrole nitrogens is 3.